The highest BCUT2D eigenvalue weighted by atomic mass is 19.1. The van der Waals surface area contributed by atoms with E-state index in [-0.39, 0.29) is 12.0 Å². The molecule has 0 radical (unpaired) electrons. The van der Waals surface area contributed by atoms with Gasteiger partial charge < -0.3 is 0 Å². The quantitative estimate of drug-likeness (QED) is 0.682. The summed E-state index contributed by atoms with van der Waals surface area (Å²) in [7, 11) is 0. The Balaban J connectivity index is 3.08. The van der Waals surface area contributed by atoms with Crippen molar-refractivity contribution >= 4 is 0 Å². The molecule has 0 aliphatic rings. The molecule has 0 atom stereocenters. The normalized spacial score (nSPS) is 11.6. The van der Waals surface area contributed by atoms with Crippen LogP contribution in [0.5, 0.6) is 0 Å². The summed E-state index contributed by atoms with van der Waals surface area (Å²) in [6.45, 7) is 7.87. The average Bonchev–Trinajstić information content (AvgIpc) is 2.31. The molecular weight excluding hydrogens is 157 g/mol. The maximum atomic E-state index is 12.7. The number of nitrogens with zero attached hydrogens (tertiary/aromatic N) is 3. The van der Waals surface area contributed by atoms with Crippen LogP contribution in [0.1, 0.15) is 45.5 Å². The van der Waals surface area contributed by atoms with Crippen LogP contribution < -0.4 is 0 Å². The first-order valence-corrected chi connectivity index (χ1v) is 4.14. The first-order valence-electron chi connectivity index (χ1n) is 4.14. The molecule has 0 aliphatic carbocycles. The zero-order valence-electron chi connectivity index (χ0n) is 7.87. The predicted molar refractivity (Wildman–Crippen MR) is 44.5 cm³/mol. The highest BCUT2D eigenvalue weighted by Gasteiger charge is 2.14. The largest absolute Gasteiger partial charge is 0.327 e. The maximum absolute atomic E-state index is 12.7. The molecule has 0 fully saturated rings. The Hall–Kier alpha value is -0.930. The van der Waals surface area contributed by atoms with Gasteiger partial charge in [0.25, 0.3) is 0 Å². The van der Waals surface area contributed by atoms with Gasteiger partial charge in [0.15, 0.2) is 0 Å². The van der Waals surface area contributed by atoms with Crippen LogP contribution in [0, 0.1) is 6.08 Å². The molecule has 0 aliphatic heterocycles. The van der Waals surface area contributed by atoms with Gasteiger partial charge in [-0.3, -0.25) is 0 Å². The summed E-state index contributed by atoms with van der Waals surface area (Å²) in [5.41, 5.74) is 0. The van der Waals surface area contributed by atoms with Crippen LogP contribution in [0.2, 0.25) is 0 Å². The first kappa shape index (κ1) is 9.16. The zero-order valence-corrected chi connectivity index (χ0v) is 7.87. The second-order valence-electron chi connectivity index (χ2n) is 3.43. The Morgan fingerprint density at radius 1 is 1.25 bits per heavy atom. The molecule has 0 amide bonds. The van der Waals surface area contributed by atoms with Crippen LogP contribution in [0.4, 0.5) is 4.39 Å². The van der Waals surface area contributed by atoms with Gasteiger partial charge >= 0.3 is 6.08 Å². The molecule has 12 heavy (non-hydrogen) atoms. The summed E-state index contributed by atoms with van der Waals surface area (Å²) in [6.07, 6.45) is -0.632. The summed E-state index contributed by atoms with van der Waals surface area (Å²) in [5.74, 6) is 0.923. The molecule has 0 spiro atoms. The molecule has 68 valence electrons. The van der Waals surface area contributed by atoms with Crippen LogP contribution in [0.25, 0.3) is 0 Å². The zero-order chi connectivity index (χ0) is 9.30. The van der Waals surface area contributed by atoms with Gasteiger partial charge in [-0.25, -0.2) is 4.68 Å². The lowest BCUT2D eigenvalue weighted by Gasteiger charge is -2.10. The van der Waals surface area contributed by atoms with Gasteiger partial charge in [-0.15, -0.1) is 5.10 Å². The van der Waals surface area contributed by atoms with E-state index in [1.807, 2.05) is 27.7 Å². The van der Waals surface area contributed by atoms with E-state index in [0.29, 0.717) is 5.82 Å². The van der Waals surface area contributed by atoms with E-state index >= 15 is 0 Å². The van der Waals surface area contributed by atoms with Crippen molar-refractivity contribution in [2.24, 2.45) is 0 Å². The van der Waals surface area contributed by atoms with Gasteiger partial charge in [-0.2, -0.15) is 9.37 Å². The molecule has 0 saturated carbocycles. The summed E-state index contributed by atoms with van der Waals surface area (Å²) < 4.78 is 14.3. The minimum Gasteiger partial charge on any atom is -0.244 e. The molecule has 1 heterocycles. The van der Waals surface area contributed by atoms with E-state index < -0.39 is 6.08 Å². The molecular formula is C8H14FN3. The minimum absolute atomic E-state index is 0.166. The lowest BCUT2D eigenvalue weighted by molar-refractivity contribution is 0.462. The number of hydrogen-bond acceptors (Lipinski definition) is 2. The highest BCUT2D eigenvalue weighted by molar-refractivity contribution is 4.93. The monoisotopic (exact) mass is 171 g/mol. The van der Waals surface area contributed by atoms with Gasteiger partial charge in [0.05, 0.1) is 0 Å². The topological polar surface area (TPSA) is 30.7 Å². The molecule has 1 aromatic heterocycles. The van der Waals surface area contributed by atoms with Crippen molar-refractivity contribution in [1.82, 2.24) is 14.8 Å². The van der Waals surface area contributed by atoms with E-state index in [4.69, 9.17) is 0 Å². The first-order chi connectivity index (χ1) is 5.52. The molecule has 0 N–H and O–H groups in total. The van der Waals surface area contributed by atoms with Crippen molar-refractivity contribution in [3.8, 4) is 0 Å². The van der Waals surface area contributed by atoms with Crippen molar-refractivity contribution < 1.29 is 4.39 Å². The van der Waals surface area contributed by atoms with Gasteiger partial charge in [-0.05, 0) is 13.8 Å². The molecule has 0 bridgehead atoms. The fourth-order valence-electron chi connectivity index (χ4n) is 1.08. The van der Waals surface area contributed by atoms with Crippen LogP contribution in [0.15, 0.2) is 0 Å². The second-order valence-corrected chi connectivity index (χ2v) is 3.43. The average molecular weight is 171 g/mol. The third-order valence-electron chi connectivity index (χ3n) is 1.64. The van der Waals surface area contributed by atoms with Crippen LogP contribution in [-0.2, 0) is 0 Å². The van der Waals surface area contributed by atoms with E-state index in [9.17, 15) is 4.39 Å². The fourth-order valence-corrected chi connectivity index (χ4v) is 1.08. The van der Waals surface area contributed by atoms with Gasteiger partial charge in [0.2, 0.25) is 0 Å². The molecule has 0 unspecified atom stereocenters. The molecule has 0 aromatic carbocycles. The molecule has 0 saturated heterocycles. The molecule has 3 nitrogen and oxygen atoms in total. The molecule has 1 rings (SSSR count). The Morgan fingerprint density at radius 3 is 2.17 bits per heavy atom. The van der Waals surface area contributed by atoms with Crippen LogP contribution in [-0.4, -0.2) is 14.8 Å². The summed E-state index contributed by atoms with van der Waals surface area (Å²) in [5, 5.41) is 3.67. The lowest BCUT2D eigenvalue weighted by atomic mass is 10.2. The molecule has 4 heteroatoms. The number of aromatic nitrogens is 3. The Morgan fingerprint density at radius 2 is 1.83 bits per heavy atom. The SMILES string of the molecule is CC(C)c1nc(F)nn1C(C)C. The number of rotatable bonds is 2. The van der Waals surface area contributed by atoms with E-state index in [0.717, 1.165) is 0 Å². The van der Waals surface area contributed by atoms with Crippen molar-refractivity contribution in [3.05, 3.63) is 11.9 Å². The smallest absolute Gasteiger partial charge is 0.244 e. The van der Waals surface area contributed by atoms with E-state index in [2.05, 4.69) is 10.1 Å². The van der Waals surface area contributed by atoms with Crippen LogP contribution >= 0.6 is 0 Å². The third kappa shape index (κ3) is 1.62. The number of hydrogen-bond donors (Lipinski definition) is 0. The van der Waals surface area contributed by atoms with Crippen molar-refractivity contribution in [2.45, 2.75) is 39.7 Å². The maximum Gasteiger partial charge on any atom is 0.327 e. The standard InChI is InChI=1S/C8H14FN3/c1-5(2)7-10-8(9)11-12(7)6(3)4/h5-6H,1-4H3. The highest BCUT2D eigenvalue weighted by Crippen LogP contribution is 2.15. The van der Waals surface area contributed by atoms with Gasteiger partial charge in [-0.1, -0.05) is 13.8 Å². The Labute approximate surface area is 71.6 Å². The Kier molecular flexibility index (Phi) is 2.45. The lowest BCUT2D eigenvalue weighted by Crippen LogP contribution is -2.09. The third-order valence-corrected chi connectivity index (χ3v) is 1.64. The van der Waals surface area contributed by atoms with Gasteiger partial charge in [0.1, 0.15) is 5.82 Å². The van der Waals surface area contributed by atoms with Crippen molar-refractivity contribution in [2.75, 3.05) is 0 Å². The van der Waals surface area contributed by atoms with E-state index in [1.54, 1.807) is 4.68 Å². The summed E-state index contributed by atoms with van der Waals surface area (Å²) in [4.78, 5) is 3.72. The fraction of sp³-hybridized carbons (Fsp3) is 0.750. The summed E-state index contributed by atoms with van der Waals surface area (Å²) >= 11 is 0. The van der Waals surface area contributed by atoms with Gasteiger partial charge in [0, 0.05) is 12.0 Å². The minimum atomic E-state index is -0.632. The van der Waals surface area contributed by atoms with Crippen molar-refractivity contribution in [1.29, 1.82) is 0 Å². The predicted octanol–water partition coefficient (Wildman–Crippen LogP) is 2.12. The van der Waals surface area contributed by atoms with E-state index in [1.165, 1.54) is 0 Å². The Bertz CT molecular complexity index is 240. The number of halogens is 1. The molecule has 1 aromatic rings. The summed E-state index contributed by atoms with van der Waals surface area (Å²) in [6, 6.07) is 0.166. The van der Waals surface area contributed by atoms with Crippen LogP contribution in [0.3, 0.4) is 0 Å². The second kappa shape index (κ2) is 3.21. The van der Waals surface area contributed by atoms with Crippen molar-refractivity contribution in [3.63, 3.8) is 0 Å².